The Labute approximate surface area is 153 Å². The molecule has 3 rings (SSSR count). The van der Waals surface area contributed by atoms with Crippen LogP contribution in [0.1, 0.15) is 41.4 Å². The maximum Gasteiger partial charge on any atom is 0.259 e. The third-order valence-electron chi connectivity index (χ3n) is 4.10. The number of hydrogen-bond acceptors (Lipinski definition) is 4. The van der Waals surface area contributed by atoms with Crippen molar-refractivity contribution in [3.8, 4) is 17.6 Å². The summed E-state index contributed by atoms with van der Waals surface area (Å²) in [7, 11) is 1.56. The fourth-order valence-electron chi connectivity index (χ4n) is 2.92. The van der Waals surface area contributed by atoms with Gasteiger partial charge in [-0.2, -0.15) is 5.26 Å². The highest BCUT2D eigenvalue weighted by Crippen LogP contribution is 2.39. The minimum absolute atomic E-state index is 0.00237. The van der Waals surface area contributed by atoms with Gasteiger partial charge in [-0.15, -0.1) is 0 Å². The Balaban J connectivity index is 2.02. The first kappa shape index (κ1) is 17.6. The molecule has 0 aromatic heterocycles. The molecule has 1 amide bonds. The summed E-state index contributed by atoms with van der Waals surface area (Å²) in [5.74, 6) is 0.936. The number of fused-ring (bicyclic) bond motifs is 1. The summed E-state index contributed by atoms with van der Waals surface area (Å²) in [5, 5.41) is 9.73. The minimum atomic E-state index is -0.732. The van der Waals surface area contributed by atoms with Crippen molar-refractivity contribution in [2.24, 2.45) is 0 Å². The number of nitriles is 1. The number of amides is 1. The number of benzene rings is 2. The SMILES string of the molecule is COc1cc2c(cc1OC(C)C)C=CN(C(=O)c1ccccc1)C2C#N. The van der Waals surface area contributed by atoms with Crippen molar-refractivity contribution < 1.29 is 14.3 Å². The van der Waals surface area contributed by atoms with Gasteiger partial charge in [0, 0.05) is 17.3 Å². The van der Waals surface area contributed by atoms with Crippen molar-refractivity contribution in [3.63, 3.8) is 0 Å². The van der Waals surface area contributed by atoms with E-state index in [-0.39, 0.29) is 12.0 Å². The molecule has 1 aliphatic heterocycles. The van der Waals surface area contributed by atoms with E-state index in [4.69, 9.17) is 9.47 Å². The number of ether oxygens (including phenoxy) is 2. The quantitative estimate of drug-likeness (QED) is 0.832. The first-order valence-electron chi connectivity index (χ1n) is 8.39. The van der Waals surface area contributed by atoms with Gasteiger partial charge in [0.05, 0.1) is 19.3 Å². The van der Waals surface area contributed by atoms with Crippen LogP contribution in [-0.4, -0.2) is 24.0 Å². The van der Waals surface area contributed by atoms with E-state index in [1.54, 1.807) is 43.6 Å². The average molecular weight is 348 g/mol. The van der Waals surface area contributed by atoms with Gasteiger partial charge in [-0.05, 0) is 49.8 Å². The van der Waals surface area contributed by atoms with Crippen LogP contribution in [0.5, 0.6) is 11.5 Å². The van der Waals surface area contributed by atoms with Gasteiger partial charge in [0.1, 0.15) is 6.04 Å². The summed E-state index contributed by atoms with van der Waals surface area (Å²) in [6, 6.07) is 14.0. The van der Waals surface area contributed by atoms with Crippen LogP contribution in [0.2, 0.25) is 0 Å². The van der Waals surface area contributed by atoms with E-state index >= 15 is 0 Å². The third kappa shape index (κ3) is 3.27. The normalized spacial score (nSPS) is 15.3. The molecule has 0 saturated carbocycles. The van der Waals surface area contributed by atoms with E-state index in [2.05, 4.69) is 6.07 Å². The molecule has 0 bridgehead atoms. The zero-order chi connectivity index (χ0) is 18.7. The third-order valence-corrected chi connectivity index (χ3v) is 4.10. The van der Waals surface area contributed by atoms with Crippen LogP contribution in [0.15, 0.2) is 48.7 Å². The standard InChI is InChI=1S/C21H20N2O3/c1-14(2)26-20-11-16-9-10-23(21(24)15-7-5-4-6-8-15)18(13-22)17(16)12-19(20)25-3/h4-12,14,18H,1-3H3. The van der Waals surface area contributed by atoms with Crippen molar-refractivity contribution in [3.05, 3.63) is 65.4 Å². The molecule has 132 valence electrons. The molecule has 1 atom stereocenters. The van der Waals surface area contributed by atoms with Crippen LogP contribution < -0.4 is 9.47 Å². The summed E-state index contributed by atoms with van der Waals surface area (Å²) < 4.78 is 11.2. The molecule has 0 radical (unpaired) electrons. The second-order valence-electron chi connectivity index (χ2n) is 6.22. The smallest absolute Gasteiger partial charge is 0.259 e. The molecule has 0 saturated heterocycles. The number of rotatable bonds is 4. The Morgan fingerprint density at radius 3 is 2.54 bits per heavy atom. The zero-order valence-electron chi connectivity index (χ0n) is 15.0. The minimum Gasteiger partial charge on any atom is -0.493 e. The molecule has 26 heavy (non-hydrogen) atoms. The van der Waals surface area contributed by atoms with Gasteiger partial charge in [-0.25, -0.2) is 0 Å². The predicted molar refractivity (Wildman–Crippen MR) is 98.8 cm³/mol. The maximum atomic E-state index is 12.8. The highest BCUT2D eigenvalue weighted by Gasteiger charge is 2.30. The topological polar surface area (TPSA) is 62.6 Å². The summed E-state index contributed by atoms with van der Waals surface area (Å²) in [4.78, 5) is 14.3. The monoisotopic (exact) mass is 348 g/mol. The summed E-state index contributed by atoms with van der Waals surface area (Å²) in [6.45, 7) is 3.88. The summed E-state index contributed by atoms with van der Waals surface area (Å²) in [6.07, 6.45) is 3.46. The van der Waals surface area contributed by atoms with E-state index in [9.17, 15) is 10.1 Å². The molecule has 5 heteroatoms. The lowest BCUT2D eigenvalue weighted by molar-refractivity contribution is 0.0794. The largest absolute Gasteiger partial charge is 0.493 e. The van der Waals surface area contributed by atoms with Crippen molar-refractivity contribution >= 4 is 12.0 Å². The lowest BCUT2D eigenvalue weighted by Crippen LogP contribution is -2.31. The first-order chi connectivity index (χ1) is 12.5. The molecule has 5 nitrogen and oxygen atoms in total. The first-order valence-corrected chi connectivity index (χ1v) is 8.39. The fraction of sp³-hybridized carbons (Fsp3) is 0.238. The molecule has 2 aromatic rings. The van der Waals surface area contributed by atoms with E-state index in [0.29, 0.717) is 22.6 Å². The van der Waals surface area contributed by atoms with E-state index in [0.717, 1.165) is 5.56 Å². The van der Waals surface area contributed by atoms with E-state index in [1.807, 2.05) is 32.1 Å². The maximum absolute atomic E-state index is 12.8. The average Bonchev–Trinajstić information content (AvgIpc) is 2.66. The zero-order valence-corrected chi connectivity index (χ0v) is 15.0. The molecule has 0 spiro atoms. The number of methoxy groups -OCH3 is 1. The summed E-state index contributed by atoms with van der Waals surface area (Å²) >= 11 is 0. The van der Waals surface area contributed by atoms with E-state index in [1.165, 1.54) is 4.90 Å². The highest BCUT2D eigenvalue weighted by atomic mass is 16.5. The second kappa shape index (κ2) is 7.32. The summed E-state index contributed by atoms with van der Waals surface area (Å²) in [5.41, 5.74) is 2.09. The van der Waals surface area contributed by atoms with Gasteiger partial charge in [-0.1, -0.05) is 18.2 Å². The number of carbonyl (C=O) groups excluding carboxylic acids is 1. The van der Waals surface area contributed by atoms with Crippen molar-refractivity contribution in [2.45, 2.75) is 26.0 Å². The van der Waals surface area contributed by atoms with Gasteiger partial charge in [0.15, 0.2) is 11.5 Å². The molecule has 0 fully saturated rings. The number of carbonyl (C=O) groups is 1. The van der Waals surface area contributed by atoms with Gasteiger partial charge >= 0.3 is 0 Å². The predicted octanol–water partition coefficient (Wildman–Crippen LogP) is 4.17. The van der Waals surface area contributed by atoms with Crippen molar-refractivity contribution in [1.29, 1.82) is 5.26 Å². The van der Waals surface area contributed by atoms with Crippen LogP contribution in [0, 0.1) is 11.3 Å². The van der Waals surface area contributed by atoms with Gasteiger partial charge in [0.2, 0.25) is 0 Å². The molecular formula is C21H20N2O3. The fourth-order valence-corrected chi connectivity index (χ4v) is 2.92. The molecule has 2 aromatic carbocycles. The molecule has 1 heterocycles. The highest BCUT2D eigenvalue weighted by molar-refractivity contribution is 5.96. The van der Waals surface area contributed by atoms with Crippen molar-refractivity contribution in [1.82, 2.24) is 4.90 Å². The lowest BCUT2D eigenvalue weighted by Gasteiger charge is -2.29. The van der Waals surface area contributed by atoms with Crippen LogP contribution in [0.25, 0.3) is 6.08 Å². The van der Waals surface area contributed by atoms with Crippen LogP contribution in [-0.2, 0) is 0 Å². The molecular weight excluding hydrogens is 328 g/mol. The Morgan fingerprint density at radius 2 is 1.92 bits per heavy atom. The van der Waals surface area contributed by atoms with Crippen molar-refractivity contribution in [2.75, 3.05) is 7.11 Å². The molecule has 0 N–H and O–H groups in total. The molecule has 1 aliphatic rings. The van der Waals surface area contributed by atoms with Gasteiger partial charge in [0.25, 0.3) is 5.91 Å². The van der Waals surface area contributed by atoms with Gasteiger partial charge in [-0.3, -0.25) is 9.69 Å². The Hall–Kier alpha value is -3.26. The molecule has 1 unspecified atom stereocenters. The van der Waals surface area contributed by atoms with E-state index < -0.39 is 6.04 Å². The number of hydrogen-bond donors (Lipinski definition) is 0. The lowest BCUT2D eigenvalue weighted by atomic mass is 9.95. The van der Waals surface area contributed by atoms with Crippen LogP contribution in [0.3, 0.4) is 0 Å². The Kier molecular flexibility index (Phi) is 4.94. The van der Waals surface area contributed by atoms with Gasteiger partial charge < -0.3 is 9.47 Å². The van der Waals surface area contributed by atoms with Crippen LogP contribution in [0.4, 0.5) is 0 Å². The Morgan fingerprint density at radius 1 is 1.19 bits per heavy atom. The van der Waals surface area contributed by atoms with Crippen LogP contribution >= 0.6 is 0 Å². The Bertz CT molecular complexity index is 882. The number of nitrogens with zero attached hydrogens (tertiary/aromatic N) is 2. The second-order valence-corrected chi connectivity index (χ2v) is 6.22. The molecule has 0 aliphatic carbocycles.